The fourth-order valence-corrected chi connectivity index (χ4v) is 2.91. The maximum Gasteiger partial charge on any atom is 0.424 e. The fraction of sp³-hybridized carbons (Fsp3) is 0.643. The van der Waals surface area contributed by atoms with Gasteiger partial charge in [0, 0.05) is 6.54 Å². The van der Waals surface area contributed by atoms with Crippen LogP contribution in [0.5, 0.6) is 0 Å². The van der Waals surface area contributed by atoms with Crippen LogP contribution in [0.1, 0.15) is 45.4 Å². The summed E-state index contributed by atoms with van der Waals surface area (Å²) in [5.74, 6) is -0.195. The van der Waals surface area contributed by atoms with E-state index < -0.39 is 29.3 Å². The molecule has 0 fully saturated rings. The highest BCUT2D eigenvalue weighted by molar-refractivity contribution is 5.52. The van der Waals surface area contributed by atoms with Gasteiger partial charge in [0.15, 0.2) is 23.1 Å². The van der Waals surface area contributed by atoms with Crippen LogP contribution < -0.4 is 0 Å². The highest BCUT2D eigenvalue weighted by Gasteiger charge is 2.55. The molecule has 6 nitrogen and oxygen atoms in total. The Bertz CT molecular complexity index is 784. The molecule has 0 unspecified atom stereocenters. The minimum absolute atomic E-state index is 0.0981. The number of nitrogens with zero attached hydrogens (tertiary/aromatic N) is 5. The highest BCUT2D eigenvalue weighted by Crippen LogP contribution is 2.42. The zero-order valence-corrected chi connectivity index (χ0v) is 13.6. The third-order valence-electron chi connectivity index (χ3n) is 4.18. The van der Waals surface area contributed by atoms with Crippen LogP contribution in [0, 0.1) is 0 Å². The molecule has 1 aliphatic rings. The Hall–Kier alpha value is -1.97. The molecular formula is C14H17F4N5O. The Morgan fingerprint density at radius 2 is 1.75 bits per heavy atom. The molecule has 0 saturated heterocycles. The zero-order chi connectivity index (χ0) is 18.1. The van der Waals surface area contributed by atoms with Gasteiger partial charge in [-0.25, -0.2) is 9.37 Å². The van der Waals surface area contributed by atoms with Crippen LogP contribution in [0.4, 0.5) is 17.6 Å². The molecule has 0 aliphatic carbocycles. The van der Waals surface area contributed by atoms with E-state index in [2.05, 4.69) is 15.2 Å². The first-order valence-electron chi connectivity index (χ1n) is 7.35. The van der Waals surface area contributed by atoms with Gasteiger partial charge in [0.05, 0.1) is 12.2 Å². The van der Waals surface area contributed by atoms with Crippen LogP contribution in [-0.4, -0.2) is 35.6 Å². The lowest BCUT2D eigenvalue weighted by atomic mass is 10.0. The number of hydrogen-bond acceptors (Lipinski definition) is 4. The molecule has 0 saturated carbocycles. The van der Waals surface area contributed by atoms with Crippen molar-refractivity contribution in [3.8, 4) is 11.5 Å². The standard InChI is InChI=1S/C14H17F4N5O/c1-7-6-22-9(20-21-10(22)12(2,3)15)8-5-19-11(23(7)8)13(4,24)14(16,17)18/h5,7,24H,6H2,1-4H3/t7-,13+/m0/s1. The van der Waals surface area contributed by atoms with Crippen LogP contribution in [0.3, 0.4) is 0 Å². The summed E-state index contributed by atoms with van der Waals surface area (Å²) in [6.07, 6.45) is -3.69. The predicted octanol–water partition coefficient (Wildman–Crippen LogP) is 2.69. The van der Waals surface area contributed by atoms with E-state index in [9.17, 15) is 22.7 Å². The van der Waals surface area contributed by atoms with Crippen molar-refractivity contribution < 1.29 is 22.7 Å². The second kappa shape index (κ2) is 4.78. The van der Waals surface area contributed by atoms with E-state index in [4.69, 9.17) is 0 Å². The summed E-state index contributed by atoms with van der Waals surface area (Å²) in [6, 6.07) is -0.490. The molecular weight excluding hydrogens is 330 g/mol. The average Bonchev–Trinajstić information content (AvgIpc) is 2.99. The molecule has 24 heavy (non-hydrogen) atoms. The van der Waals surface area contributed by atoms with Crippen molar-refractivity contribution in [1.29, 1.82) is 0 Å². The number of fused-ring (bicyclic) bond motifs is 3. The van der Waals surface area contributed by atoms with Crippen molar-refractivity contribution in [2.75, 3.05) is 0 Å². The average molecular weight is 347 g/mol. The number of imidazole rings is 1. The second-order valence-corrected chi connectivity index (χ2v) is 6.69. The number of halogens is 4. The molecule has 0 spiro atoms. The van der Waals surface area contributed by atoms with Gasteiger partial charge < -0.3 is 14.2 Å². The van der Waals surface area contributed by atoms with Crippen LogP contribution in [-0.2, 0) is 17.8 Å². The van der Waals surface area contributed by atoms with Crippen molar-refractivity contribution in [3.05, 3.63) is 17.8 Å². The molecule has 1 aliphatic heterocycles. The summed E-state index contributed by atoms with van der Waals surface area (Å²) in [5.41, 5.74) is -4.59. The van der Waals surface area contributed by atoms with Crippen molar-refractivity contribution >= 4 is 0 Å². The monoisotopic (exact) mass is 347 g/mol. The molecule has 10 heteroatoms. The Kier molecular flexibility index (Phi) is 3.36. The topological polar surface area (TPSA) is 68.8 Å². The van der Waals surface area contributed by atoms with Crippen molar-refractivity contribution in [2.24, 2.45) is 0 Å². The van der Waals surface area contributed by atoms with Crippen molar-refractivity contribution in [1.82, 2.24) is 24.3 Å². The van der Waals surface area contributed by atoms with Gasteiger partial charge in [0.2, 0.25) is 5.60 Å². The summed E-state index contributed by atoms with van der Waals surface area (Å²) >= 11 is 0. The third kappa shape index (κ3) is 2.23. The number of alkyl halides is 4. The lowest BCUT2D eigenvalue weighted by Gasteiger charge is -2.32. The Labute approximate surface area is 135 Å². The quantitative estimate of drug-likeness (QED) is 0.848. The van der Waals surface area contributed by atoms with E-state index in [0.717, 1.165) is 0 Å². The molecule has 1 N–H and O–H groups in total. The van der Waals surface area contributed by atoms with Gasteiger partial charge in [-0.2, -0.15) is 13.2 Å². The van der Waals surface area contributed by atoms with E-state index in [1.807, 2.05) is 0 Å². The van der Waals surface area contributed by atoms with Crippen LogP contribution in [0.25, 0.3) is 11.5 Å². The van der Waals surface area contributed by atoms with Gasteiger partial charge >= 0.3 is 6.18 Å². The smallest absolute Gasteiger partial charge is 0.374 e. The van der Waals surface area contributed by atoms with E-state index in [1.54, 1.807) is 6.92 Å². The number of aromatic nitrogens is 5. The summed E-state index contributed by atoms with van der Waals surface area (Å²) in [4.78, 5) is 3.77. The number of aliphatic hydroxyl groups is 1. The molecule has 0 bridgehead atoms. The maximum atomic E-state index is 14.3. The summed E-state index contributed by atoms with van der Waals surface area (Å²) in [6.45, 7) is 5.17. The number of rotatable bonds is 2. The van der Waals surface area contributed by atoms with Crippen LogP contribution in [0.2, 0.25) is 0 Å². The van der Waals surface area contributed by atoms with E-state index in [0.29, 0.717) is 6.92 Å². The van der Waals surface area contributed by atoms with Gasteiger partial charge in [-0.3, -0.25) is 0 Å². The van der Waals surface area contributed by atoms with Gasteiger partial charge in [0.1, 0.15) is 5.69 Å². The minimum atomic E-state index is -4.88. The molecule has 0 amide bonds. The number of hydrogen-bond donors (Lipinski definition) is 1. The van der Waals surface area contributed by atoms with Crippen LogP contribution in [0.15, 0.2) is 6.20 Å². The molecule has 2 atom stereocenters. The molecule has 2 aromatic rings. The Morgan fingerprint density at radius 1 is 1.12 bits per heavy atom. The molecule has 0 aromatic carbocycles. The SMILES string of the molecule is C[C@H]1Cn2c(nnc2C(C)(C)F)-c2cnc([C@@](C)(O)C(F)(F)F)n21. The summed E-state index contributed by atoms with van der Waals surface area (Å²) < 4.78 is 56.6. The second-order valence-electron chi connectivity index (χ2n) is 6.69. The van der Waals surface area contributed by atoms with E-state index >= 15 is 0 Å². The molecule has 3 heterocycles. The van der Waals surface area contributed by atoms with Crippen LogP contribution >= 0.6 is 0 Å². The largest absolute Gasteiger partial charge is 0.424 e. The Morgan fingerprint density at radius 3 is 2.29 bits per heavy atom. The summed E-state index contributed by atoms with van der Waals surface area (Å²) in [7, 11) is 0. The van der Waals surface area contributed by atoms with Gasteiger partial charge in [-0.05, 0) is 27.7 Å². The normalized spacial score (nSPS) is 20.5. The lowest BCUT2D eigenvalue weighted by molar-refractivity contribution is -0.262. The Balaban J connectivity index is 2.19. The van der Waals surface area contributed by atoms with Gasteiger partial charge in [-0.15, -0.1) is 10.2 Å². The van der Waals surface area contributed by atoms with Gasteiger partial charge in [-0.1, -0.05) is 0 Å². The molecule has 132 valence electrons. The molecule has 0 radical (unpaired) electrons. The van der Waals surface area contributed by atoms with E-state index in [-0.39, 0.29) is 23.9 Å². The third-order valence-corrected chi connectivity index (χ3v) is 4.18. The molecule has 2 aromatic heterocycles. The minimum Gasteiger partial charge on any atom is -0.374 e. The van der Waals surface area contributed by atoms with Gasteiger partial charge in [0.25, 0.3) is 0 Å². The van der Waals surface area contributed by atoms with Crippen molar-refractivity contribution in [3.63, 3.8) is 0 Å². The summed E-state index contributed by atoms with van der Waals surface area (Å²) in [5, 5.41) is 17.7. The van der Waals surface area contributed by atoms with Crippen molar-refractivity contribution in [2.45, 2.75) is 57.7 Å². The highest BCUT2D eigenvalue weighted by atomic mass is 19.4. The fourth-order valence-electron chi connectivity index (χ4n) is 2.91. The zero-order valence-electron chi connectivity index (χ0n) is 13.6. The first kappa shape index (κ1) is 16.9. The predicted molar refractivity (Wildman–Crippen MR) is 75.7 cm³/mol. The first-order chi connectivity index (χ1) is 10.9. The molecule has 3 rings (SSSR count). The lowest BCUT2D eigenvalue weighted by Crippen LogP contribution is -2.42. The van der Waals surface area contributed by atoms with E-state index in [1.165, 1.54) is 29.2 Å². The maximum absolute atomic E-state index is 14.3. The first-order valence-corrected chi connectivity index (χ1v) is 7.35.